The molecule has 0 aliphatic carbocycles. The van der Waals surface area contributed by atoms with E-state index in [0.717, 1.165) is 30.1 Å². The fraction of sp³-hybridized carbons (Fsp3) is 0.410. The molecule has 0 amide bonds. The zero-order valence-electron chi connectivity index (χ0n) is 27.9. The number of hydrogen-bond acceptors (Lipinski definition) is 2. The second-order valence-electron chi connectivity index (χ2n) is 12.7. The maximum Gasteiger partial charge on any atom is 0.233 e. The van der Waals surface area contributed by atoms with E-state index in [9.17, 15) is 0 Å². The maximum absolute atomic E-state index is 4.56. The van der Waals surface area contributed by atoms with E-state index in [1.54, 1.807) is 0 Å². The van der Waals surface area contributed by atoms with E-state index in [-0.39, 0.29) is 0 Å². The standard InChI is InChI=1S/C20H30N2.C19H22BBrS/c1-5-18(14-17(4)13-16(2)3)15-22-12-11-21-20(22)19-9-7-6-8-10-19;1-15(2)22-19-11-7-10-18(14-19)20(13-12-16(3)21)17-8-5-4-6-9-17/h6-12,16-18H,5,13-15H2,1-4H3;4-16H,1-3H3. The molecule has 0 radical (unpaired) electrons. The van der Waals surface area contributed by atoms with Crippen LogP contribution in [0.1, 0.15) is 67.7 Å². The summed E-state index contributed by atoms with van der Waals surface area (Å²) < 4.78 is 2.32. The molecule has 4 aromatic rings. The van der Waals surface area contributed by atoms with Crippen molar-refractivity contribution in [2.45, 2.75) is 89.2 Å². The third-order valence-electron chi connectivity index (χ3n) is 7.71. The number of halogens is 1. The molecule has 0 saturated carbocycles. The average Bonchev–Trinajstić information content (AvgIpc) is 3.46. The molecule has 3 unspecified atom stereocenters. The minimum absolute atomic E-state index is 0.300. The second-order valence-corrected chi connectivity index (χ2v) is 15.8. The SMILES string of the molecule is CC(Br)C=CB(c1ccccc1)c1cccc(SC(C)C)c1.CCC(CC(C)CC(C)C)Cn1ccnc1-c1ccccc1. The van der Waals surface area contributed by atoms with Gasteiger partial charge in [0.15, 0.2) is 0 Å². The number of aromatic nitrogens is 2. The molecular weight excluding hydrogens is 619 g/mol. The van der Waals surface area contributed by atoms with Gasteiger partial charge in [0.2, 0.25) is 6.71 Å². The number of benzene rings is 3. The van der Waals surface area contributed by atoms with Crippen LogP contribution in [0.25, 0.3) is 11.4 Å². The summed E-state index contributed by atoms with van der Waals surface area (Å²) >= 11 is 5.52. The molecule has 3 atom stereocenters. The second kappa shape index (κ2) is 19.1. The molecule has 234 valence electrons. The minimum Gasteiger partial charge on any atom is -0.331 e. The topological polar surface area (TPSA) is 17.8 Å². The monoisotopic (exact) mass is 670 g/mol. The molecule has 1 aromatic heterocycles. The summed E-state index contributed by atoms with van der Waals surface area (Å²) in [5, 5.41) is 0.600. The van der Waals surface area contributed by atoms with Crippen LogP contribution >= 0.6 is 27.7 Å². The van der Waals surface area contributed by atoms with Crippen molar-refractivity contribution in [3.05, 3.63) is 109 Å². The zero-order valence-corrected chi connectivity index (χ0v) is 30.3. The van der Waals surface area contributed by atoms with Crippen LogP contribution in [-0.4, -0.2) is 26.3 Å². The van der Waals surface area contributed by atoms with E-state index < -0.39 is 0 Å². The molecule has 0 aliphatic rings. The Kier molecular flexibility index (Phi) is 15.6. The predicted molar refractivity (Wildman–Crippen MR) is 201 cm³/mol. The largest absolute Gasteiger partial charge is 0.331 e. The molecule has 0 N–H and O–H groups in total. The van der Waals surface area contributed by atoms with Crippen LogP contribution in [0.3, 0.4) is 0 Å². The van der Waals surface area contributed by atoms with Gasteiger partial charge in [-0.25, -0.2) is 4.98 Å². The Morgan fingerprint density at radius 3 is 2.11 bits per heavy atom. The van der Waals surface area contributed by atoms with Crippen LogP contribution in [0.2, 0.25) is 0 Å². The summed E-state index contributed by atoms with van der Waals surface area (Å²) in [5.74, 6) is 5.71. The smallest absolute Gasteiger partial charge is 0.233 e. The third kappa shape index (κ3) is 12.5. The van der Waals surface area contributed by atoms with Crippen molar-refractivity contribution in [2.75, 3.05) is 0 Å². The molecule has 0 spiro atoms. The highest BCUT2D eigenvalue weighted by molar-refractivity contribution is 9.09. The number of imidazole rings is 1. The Morgan fingerprint density at radius 2 is 1.50 bits per heavy atom. The summed E-state index contributed by atoms with van der Waals surface area (Å²) in [5.41, 5.74) is 3.89. The lowest BCUT2D eigenvalue weighted by molar-refractivity contribution is 0.308. The van der Waals surface area contributed by atoms with Crippen LogP contribution in [0, 0.1) is 17.8 Å². The highest BCUT2D eigenvalue weighted by Crippen LogP contribution is 2.25. The number of alkyl halides is 1. The molecule has 0 aliphatic heterocycles. The fourth-order valence-electron chi connectivity index (χ4n) is 5.82. The van der Waals surface area contributed by atoms with Crippen molar-refractivity contribution in [3.8, 4) is 11.4 Å². The van der Waals surface area contributed by atoms with Gasteiger partial charge in [-0.05, 0) is 43.6 Å². The summed E-state index contributed by atoms with van der Waals surface area (Å²) in [6, 6.07) is 30.1. The molecule has 4 rings (SSSR count). The number of nitrogens with zero attached hydrogens (tertiary/aromatic N) is 2. The molecule has 2 nitrogen and oxygen atoms in total. The number of hydrogen-bond donors (Lipinski definition) is 0. The van der Waals surface area contributed by atoms with Gasteiger partial charge in [-0.3, -0.25) is 0 Å². The minimum atomic E-state index is 0.300. The van der Waals surface area contributed by atoms with E-state index in [4.69, 9.17) is 0 Å². The number of allylic oxidation sites excluding steroid dienone is 1. The van der Waals surface area contributed by atoms with E-state index in [0.29, 0.717) is 16.8 Å². The van der Waals surface area contributed by atoms with Crippen molar-refractivity contribution < 1.29 is 0 Å². The van der Waals surface area contributed by atoms with E-state index in [1.165, 1.54) is 40.6 Å². The van der Waals surface area contributed by atoms with Crippen LogP contribution in [0.4, 0.5) is 0 Å². The van der Waals surface area contributed by atoms with E-state index >= 15 is 0 Å². The van der Waals surface area contributed by atoms with Gasteiger partial charge in [0.25, 0.3) is 0 Å². The van der Waals surface area contributed by atoms with Crippen LogP contribution < -0.4 is 10.9 Å². The zero-order chi connectivity index (χ0) is 31.9. The van der Waals surface area contributed by atoms with Crippen molar-refractivity contribution >= 4 is 45.3 Å². The number of rotatable bonds is 14. The van der Waals surface area contributed by atoms with Gasteiger partial charge in [0.1, 0.15) is 5.82 Å². The lowest BCUT2D eigenvalue weighted by atomic mass is 9.40. The first-order valence-electron chi connectivity index (χ1n) is 16.4. The summed E-state index contributed by atoms with van der Waals surface area (Å²) in [6.45, 7) is 17.3. The first-order valence-corrected chi connectivity index (χ1v) is 18.2. The lowest BCUT2D eigenvalue weighted by Gasteiger charge is -2.22. The molecule has 0 saturated heterocycles. The molecule has 0 bridgehead atoms. The Bertz CT molecular complexity index is 1370. The Morgan fingerprint density at radius 1 is 0.841 bits per heavy atom. The lowest BCUT2D eigenvalue weighted by Crippen LogP contribution is -2.40. The van der Waals surface area contributed by atoms with Gasteiger partial charge in [-0.2, -0.15) is 0 Å². The Hall–Kier alpha value is -2.50. The van der Waals surface area contributed by atoms with Crippen LogP contribution in [-0.2, 0) is 6.54 Å². The van der Waals surface area contributed by atoms with Crippen molar-refractivity contribution in [1.29, 1.82) is 0 Å². The third-order valence-corrected chi connectivity index (χ3v) is 9.01. The maximum atomic E-state index is 4.56. The molecule has 0 fully saturated rings. The Labute approximate surface area is 281 Å². The molecular formula is C39H52BBrN2S. The quantitative estimate of drug-likeness (QED) is 0.0755. The average molecular weight is 672 g/mol. The first-order chi connectivity index (χ1) is 21.2. The highest BCUT2D eigenvalue weighted by Gasteiger charge is 2.17. The molecule has 44 heavy (non-hydrogen) atoms. The molecule has 3 aromatic carbocycles. The van der Waals surface area contributed by atoms with Gasteiger partial charge in [-0.15, -0.1) is 17.7 Å². The van der Waals surface area contributed by atoms with Gasteiger partial charge >= 0.3 is 0 Å². The predicted octanol–water partition coefficient (Wildman–Crippen LogP) is 10.3. The number of thioether (sulfide) groups is 1. The van der Waals surface area contributed by atoms with Gasteiger partial charge in [0.05, 0.1) is 0 Å². The van der Waals surface area contributed by atoms with Gasteiger partial charge in [-0.1, -0.05) is 160 Å². The fourth-order valence-corrected chi connectivity index (χ4v) is 6.90. The van der Waals surface area contributed by atoms with Gasteiger partial charge < -0.3 is 4.57 Å². The van der Waals surface area contributed by atoms with Crippen LogP contribution in [0.15, 0.2) is 114 Å². The van der Waals surface area contributed by atoms with Gasteiger partial charge in [0, 0.05) is 39.5 Å². The van der Waals surface area contributed by atoms with E-state index in [2.05, 4.69) is 177 Å². The van der Waals surface area contributed by atoms with Crippen molar-refractivity contribution in [1.82, 2.24) is 9.55 Å². The first kappa shape index (κ1) is 36.0. The summed E-state index contributed by atoms with van der Waals surface area (Å²) in [6.07, 6.45) is 10.1. The summed E-state index contributed by atoms with van der Waals surface area (Å²) in [7, 11) is 0. The molecule has 5 heteroatoms. The normalized spacial score (nSPS) is 13.5. The summed E-state index contributed by atoms with van der Waals surface area (Å²) in [4.78, 5) is 6.29. The van der Waals surface area contributed by atoms with E-state index in [1.807, 2.05) is 18.0 Å². The van der Waals surface area contributed by atoms with Crippen LogP contribution in [0.5, 0.6) is 0 Å². The Balaban J connectivity index is 0.000000240. The van der Waals surface area contributed by atoms with Crippen molar-refractivity contribution in [2.24, 2.45) is 17.8 Å². The van der Waals surface area contributed by atoms with Crippen molar-refractivity contribution in [3.63, 3.8) is 0 Å². The highest BCUT2D eigenvalue weighted by atomic mass is 79.9. The molecule has 1 heterocycles.